The van der Waals surface area contributed by atoms with Gasteiger partial charge >= 0.3 is 0 Å². The van der Waals surface area contributed by atoms with Gasteiger partial charge in [0.05, 0.1) is 12.2 Å². The lowest BCUT2D eigenvalue weighted by Gasteiger charge is -2.37. The minimum Gasteiger partial charge on any atom is -0.493 e. The second-order valence-corrected chi connectivity index (χ2v) is 5.45. The highest BCUT2D eigenvalue weighted by Crippen LogP contribution is 2.41. The van der Waals surface area contributed by atoms with E-state index >= 15 is 0 Å². The number of ether oxygens (including phenoxy) is 1. The summed E-state index contributed by atoms with van der Waals surface area (Å²) in [4.78, 5) is 0. The first-order valence-electron chi connectivity index (χ1n) is 7.29. The van der Waals surface area contributed by atoms with Crippen molar-refractivity contribution in [3.8, 4) is 5.75 Å². The van der Waals surface area contributed by atoms with E-state index in [0.29, 0.717) is 30.8 Å². The van der Waals surface area contributed by atoms with E-state index in [-0.39, 0.29) is 0 Å². The summed E-state index contributed by atoms with van der Waals surface area (Å²) in [5.74, 6) is 0.691. The number of aliphatic hydroxyl groups is 2. The Labute approximate surface area is 115 Å². The fourth-order valence-electron chi connectivity index (χ4n) is 2.78. The molecule has 0 heterocycles. The van der Waals surface area contributed by atoms with E-state index in [1.165, 1.54) is 0 Å². The van der Waals surface area contributed by atoms with Gasteiger partial charge in [-0.3, -0.25) is 0 Å². The first kappa shape index (κ1) is 14.4. The Morgan fingerprint density at radius 3 is 2.58 bits per heavy atom. The lowest BCUT2D eigenvalue weighted by Crippen LogP contribution is -2.38. The molecule has 1 aromatic rings. The molecular formula is C16H24O3. The number of aliphatic hydroxyl groups excluding tert-OH is 1. The summed E-state index contributed by atoms with van der Waals surface area (Å²) in [5.41, 5.74) is -0.287. The largest absolute Gasteiger partial charge is 0.493 e. The Bertz CT molecular complexity index is 397. The predicted octanol–water partition coefficient (Wildman–Crippen LogP) is 3.20. The maximum Gasteiger partial charge on any atom is 0.125 e. The zero-order chi connectivity index (χ0) is 13.7. The predicted molar refractivity (Wildman–Crippen MR) is 75.2 cm³/mol. The molecule has 1 fully saturated rings. The van der Waals surface area contributed by atoms with Gasteiger partial charge in [-0.15, -0.1) is 0 Å². The number of para-hydroxylation sites is 1. The van der Waals surface area contributed by atoms with Crippen LogP contribution in [0.5, 0.6) is 5.75 Å². The Morgan fingerprint density at radius 2 is 1.89 bits per heavy atom. The normalized spacial score (nSPS) is 19.9. The number of hydrogen-bond acceptors (Lipinski definition) is 3. The number of benzene rings is 1. The summed E-state index contributed by atoms with van der Waals surface area (Å²) >= 11 is 0. The second-order valence-electron chi connectivity index (χ2n) is 5.45. The minimum atomic E-state index is -0.996. The monoisotopic (exact) mass is 264 g/mol. The average Bonchev–Trinajstić information content (AvgIpc) is 2.45. The van der Waals surface area contributed by atoms with E-state index in [2.05, 4.69) is 0 Å². The summed E-state index contributed by atoms with van der Waals surface area (Å²) < 4.78 is 5.67. The smallest absolute Gasteiger partial charge is 0.125 e. The standard InChI is InChI=1S/C16H24O3/c1-2-12-19-14-9-5-4-8-13(14)15(17)16(18)10-6-3-7-11-16/h4-5,8-9,15,17-18H,2-3,6-7,10-12H2,1H3. The molecule has 0 amide bonds. The van der Waals surface area contributed by atoms with Crippen LogP contribution in [0.25, 0.3) is 0 Å². The van der Waals surface area contributed by atoms with E-state index in [1.54, 1.807) is 0 Å². The first-order valence-corrected chi connectivity index (χ1v) is 7.29. The molecule has 1 saturated carbocycles. The van der Waals surface area contributed by atoms with Gasteiger partial charge in [-0.05, 0) is 25.3 Å². The minimum absolute atomic E-state index is 0.627. The molecule has 0 spiro atoms. The Kier molecular flexibility index (Phi) is 4.83. The Balaban J connectivity index is 2.19. The van der Waals surface area contributed by atoms with Crippen LogP contribution < -0.4 is 4.74 Å². The van der Waals surface area contributed by atoms with Gasteiger partial charge in [-0.25, -0.2) is 0 Å². The van der Waals surface area contributed by atoms with Crippen LogP contribution in [-0.4, -0.2) is 22.4 Å². The van der Waals surface area contributed by atoms with E-state index in [0.717, 1.165) is 25.7 Å². The molecule has 3 nitrogen and oxygen atoms in total. The van der Waals surface area contributed by atoms with Gasteiger partial charge in [0.15, 0.2) is 0 Å². The molecule has 1 aliphatic rings. The maximum absolute atomic E-state index is 10.6. The third kappa shape index (κ3) is 3.28. The van der Waals surface area contributed by atoms with Crippen LogP contribution in [0.15, 0.2) is 24.3 Å². The summed E-state index contributed by atoms with van der Waals surface area (Å²) in [7, 11) is 0. The van der Waals surface area contributed by atoms with Crippen LogP contribution in [0.1, 0.15) is 57.1 Å². The van der Waals surface area contributed by atoms with E-state index in [9.17, 15) is 10.2 Å². The molecular weight excluding hydrogens is 240 g/mol. The summed E-state index contributed by atoms with van der Waals surface area (Å²) in [6, 6.07) is 7.48. The third-order valence-corrected chi connectivity index (χ3v) is 3.90. The molecule has 3 heteroatoms. The fraction of sp³-hybridized carbons (Fsp3) is 0.625. The van der Waals surface area contributed by atoms with Gasteiger partial charge in [0, 0.05) is 5.56 Å². The molecule has 106 valence electrons. The Hall–Kier alpha value is -1.06. The number of hydrogen-bond donors (Lipinski definition) is 2. The highest BCUT2D eigenvalue weighted by Gasteiger charge is 2.38. The summed E-state index contributed by atoms with van der Waals surface area (Å²) in [6.07, 6.45) is 4.49. The lowest BCUT2D eigenvalue weighted by molar-refractivity contribution is -0.0999. The second kappa shape index (κ2) is 6.40. The van der Waals surface area contributed by atoms with Gasteiger partial charge in [0.1, 0.15) is 11.9 Å². The van der Waals surface area contributed by atoms with Crippen LogP contribution in [0.4, 0.5) is 0 Å². The molecule has 0 radical (unpaired) electrons. The molecule has 0 saturated heterocycles. The van der Waals surface area contributed by atoms with Crippen LogP contribution in [0, 0.1) is 0 Å². The highest BCUT2D eigenvalue weighted by molar-refractivity contribution is 5.36. The molecule has 1 atom stereocenters. The molecule has 19 heavy (non-hydrogen) atoms. The van der Waals surface area contributed by atoms with Crippen molar-refractivity contribution in [1.29, 1.82) is 0 Å². The zero-order valence-corrected chi connectivity index (χ0v) is 11.6. The van der Waals surface area contributed by atoms with Crippen LogP contribution >= 0.6 is 0 Å². The quantitative estimate of drug-likeness (QED) is 0.858. The van der Waals surface area contributed by atoms with Crippen molar-refractivity contribution in [2.45, 2.75) is 57.2 Å². The molecule has 0 bridgehead atoms. The third-order valence-electron chi connectivity index (χ3n) is 3.90. The van der Waals surface area contributed by atoms with Crippen LogP contribution in [0.2, 0.25) is 0 Å². The van der Waals surface area contributed by atoms with Gasteiger partial charge in [-0.1, -0.05) is 44.4 Å². The van der Waals surface area contributed by atoms with Gasteiger partial charge in [0.2, 0.25) is 0 Å². The maximum atomic E-state index is 10.6. The fourth-order valence-corrected chi connectivity index (χ4v) is 2.78. The SMILES string of the molecule is CCCOc1ccccc1C(O)C1(O)CCCCC1. The van der Waals surface area contributed by atoms with Crippen molar-refractivity contribution < 1.29 is 14.9 Å². The van der Waals surface area contributed by atoms with E-state index < -0.39 is 11.7 Å². The van der Waals surface area contributed by atoms with Gasteiger partial charge in [-0.2, -0.15) is 0 Å². The van der Waals surface area contributed by atoms with Crippen molar-refractivity contribution in [3.63, 3.8) is 0 Å². The Morgan fingerprint density at radius 1 is 1.21 bits per heavy atom. The topological polar surface area (TPSA) is 49.7 Å². The zero-order valence-electron chi connectivity index (χ0n) is 11.6. The summed E-state index contributed by atoms with van der Waals surface area (Å²) in [5, 5.41) is 21.2. The molecule has 0 aliphatic heterocycles. The molecule has 0 aromatic heterocycles. The van der Waals surface area contributed by atoms with Crippen molar-refractivity contribution in [2.24, 2.45) is 0 Å². The van der Waals surface area contributed by atoms with Crippen molar-refractivity contribution in [2.75, 3.05) is 6.61 Å². The molecule has 1 aromatic carbocycles. The molecule has 2 N–H and O–H groups in total. The van der Waals surface area contributed by atoms with E-state index in [4.69, 9.17) is 4.74 Å². The summed E-state index contributed by atoms with van der Waals surface area (Å²) in [6.45, 7) is 2.68. The number of rotatable bonds is 5. The molecule has 1 unspecified atom stereocenters. The van der Waals surface area contributed by atoms with Crippen LogP contribution in [-0.2, 0) is 0 Å². The first-order chi connectivity index (χ1) is 9.17. The van der Waals surface area contributed by atoms with Crippen molar-refractivity contribution in [3.05, 3.63) is 29.8 Å². The van der Waals surface area contributed by atoms with Crippen molar-refractivity contribution in [1.82, 2.24) is 0 Å². The van der Waals surface area contributed by atoms with E-state index in [1.807, 2.05) is 31.2 Å². The molecule has 1 aliphatic carbocycles. The van der Waals surface area contributed by atoms with Crippen LogP contribution in [0.3, 0.4) is 0 Å². The van der Waals surface area contributed by atoms with Crippen molar-refractivity contribution >= 4 is 0 Å². The van der Waals surface area contributed by atoms with Gasteiger partial charge in [0.25, 0.3) is 0 Å². The highest BCUT2D eigenvalue weighted by atomic mass is 16.5. The average molecular weight is 264 g/mol. The lowest BCUT2D eigenvalue weighted by atomic mass is 9.78. The molecule has 2 rings (SSSR count). The van der Waals surface area contributed by atoms with Gasteiger partial charge < -0.3 is 14.9 Å².